The molecule has 0 bridgehead atoms. The summed E-state index contributed by atoms with van der Waals surface area (Å²) in [6.07, 6.45) is 3.58. The van der Waals surface area contributed by atoms with Crippen molar-refractivity contribution < 1.29 is 9.18 Å². The van der Waals surface area contributed by atoms with Gasteiger partial charge in [-0.25, -0.2) is 4.39 Å². The maximum Gasteiger partial charge on any atom is 0.223 e. The minimum absolute atomic E-state index is 0.181. The van der Waals surface area contributed by atoms with Crippen molar-refractivity contribution in [2.24, 2.45) is 11.3 Å². The molecule has 32 heavy (non-hydrogen) atoms. The molecule has 0 saturated heterocycles. The number of benzene rings is 2. The summed E-state index contributed by atoms with van der Waals surface area (Å²) in [6, 6.07) is 20.8. The van der Waals surface area contributed by atoms with Crippen molar-refractivity contribution >= 4 is 5.91 Å². The van der Waals surface area contributed by atoms with Gasteiger partial charge in [0, 0.05) is 31.4 Å². The lowest BCUT2D eigenvalue weighted by Gasteiger charge is -2.27. The Morgan fingerprint density at radius 1 is 0.938 bits per heavy atom. The predicted octanol–water partition coefficient (Wildman–Crippen LogP) is 6.67. The van der Waals surface area contributed by atoms with Crippen LogP contribution in [0.5, 0.6) is 0 Å². The molecule has 4 heteroatoms. The van der Waals surface area contributed by atoms with Gasteiger partial charge < -0.3 is 9.47 Å². The van der Waals surface area contributed by atoms with Gasteiger partial charge >= 0.3 is 0 Å². The van der Waals surface area contributed by atoms with Crippen molar-refractivity contribution in [3.63, 3.8) is 0 Å². The average molecular weight is 435 g/mol. The van der Waals surface area contributed by atoms with E-state index in [9.17, 15) is 9.18 Å². The molecule has 0 saturated carbocycles. The Bertz CT molecular complexity index is 986. The van der Waals surface area contributed by atoms with Crippen molar-refractivity contribution in [2.75, 3.05) is 0 Å². The van der Waals surface area contributed by atoms with Crippen LogP contribution in [-0.4, -0.2) is 15.4 Å². The molecule has 0 unspecified atom stereocenters. The summed E-state index contributed by atoms with van der Waals surface area (Å²) in [6.45, 7) is 10.6. The third kappa shape index (κ3) is 7.37. The van der Waals surface area contributed by atoms with E-state index in [1.54, 1.807) is 12.1 Å². The van der Waals surface area contributed by atoms with Crippen LogP contribution in [0.1, 0.15) is 57.4 Å². The molecule has 3 nitrogen and oxygen atoms in total. The molecule has 0 fully saturated rings. The highest BCUT2D eigenvalue weighted by Gasteiger charge is 2.22. The minimum atomic E-state index is -0.231. The molecule has 2 aromatic carbocycles. The largest absolute Gasteiger partial charge is 0.345 e. The monoisotopic (exact) mass is 434 g/mol. The Morgan fingerprint density at radius 3 is 2.28 bits per heavy atom. The van der Waals surface area contributed by atoms with Crippen LogP contribution in [0, 0.1) is 17.2 Å². The van der Waals surface area contributed by atoms with Gasteiger partial charge in [0.15, 0.2) is 0 Å². The SMILES string of the molecule is C[C@@H](CC(=O)N(Cc1ccccc1)Cc1cccn1Cc1ccc(F)cc1)CC(C)(C)C. The zero-order valence-corrected chi connectivity index (χ0v) is 19.7. The highest BCUT2D eigenvalue weighted by atomic mass is 19.1. The second kappa shape index (κ2) is 10.6. The summed E-state index contributed by atoms with van der Waals surface area (Å²) in [5, 5.41) is 0. The van der Waals surface area contributed by atoms with Gasteiger partial charge in [0.2, 0.25) is 5.91 Å². The Kier molecular flexibility index (Phi) is 7.89. The van der Waals surface area contributed by atoms with Crippen LogP contribution in [0.15, 0.2) is 72.9 Å². The van der Waals surface area contributed by atoms with Crippen LogP contribution in [0.3, 0.4) is 0 Å². The van der Waals surface area contributed by atoms with E-state index < -0.39 is 0 Å². The second-order valence-corrected chi connectivity index (χ2v) is 10.1. The molecular weight excluding hydrogens is 399 g/mol. The molecule has 0 aliphatic rings. The summed E-state index contributed by atoms with van der Waals surface area (Å²) in [5.41, 5.74) is 3.43. The number of carbonyl (C=O) groups excluding carboxylic acids is 1. The molecule has 1 amide bonds. The van der Waals surface area contributed by atoms with E-state index in [1.165, 1.54) is 12.1 Å². The standard InChI is InChI=1S/C28H35FN2O/c1-22(18-28(2,3)4)17-27(32)31(20-23-9-6-5-7-10-23)21-26-11-8-16-30(26)19-24-12-14-25(29)15-13-24/h5-16,22H,17-21H2,1-4H3/t22-/m0/s1. The zero-order chi connectivity index (χ0) is 23.1. The molecule has 0 aliphatic carbocycles. The number of amides is 1. The Balaban J connectivity index is 1.76. The van der Waals surface area contributed by atoms with Crippen molar-refractivity contribution in [1.82, 2.24) is 9.47 Å². The molecule has 170 valence electrons. The normalized spacial score (nSPS) is 12.5. The van der Waals surface area contributed by atoms with E-state index in [4.69, 9.17) is 0 Å². The second-order valence-electron chi connectivity index (χ2n) is 10.1. The third-order valence-corrected chi connectivity index (χ3v) is 5.60. The zero-order valence-electron chi connectivity index (χ0n) is 19.7. The number of hydrogen-bond acceptors (Lipinski definition) is 1. The third-order valence-electron chi connectivity index (χ3n) is 5.60. The van der Waals surface area contributed by atoms with Gasteiger partial charge in [0.1, 0.15) is 5.82 Å². The van der Waals surface area contributed by atoms with Crippen molar-refractivity contribution in [3.8, 4) is 0 Å². The lowest BCUT2D eigenvalue weighted by molar-refractivity contribution is -0.133. The highest BCUT2D eigenvalue weighted by Crippen LogP contribution is 2.27. The first kappa shape index (κ1) is 23.8. The Labute approximate surface area is 191 Å². The summed E-state index contributed by atoms with van der Waals surface area (Å²) in [4.78, 5) is 15.3. The fourth-order valence-corrected chi connectivity index (χ4v) is 4.31. The lowest BCUT2D eigenvalue weighted by Crippen LogP contribution is -2.32. The number of halogens is 1. The van der Waals surface area contributed by atoms with Crippen molar-refractivity contribution in [2.45, 2.75) is 60.2 Å². The van der Waals surface area contributed by atoms with Crippen molar-refractivity contribution in [1.29, 1.82) is 0 Å². The van der Waals surface area contributed by atoms with Crippen LogP contribution in [0.25, 0.3) is 0 Å². The van der Waals surface area contributed by atoms with Crippen LogP contribution >= 0.6 is 0 Å². The van der Waals surface area contributed by atoms with Gasteiger partial charge in [-0.2, -0.15) is 0 Å². The molecule has 0 radical (unpaired) electrons. The van der Waals surface area contributed by atoms with E-state index in [1.807, 2.05) is 35.4 Å². The molecule has 1 heterocycles. The minimum Gasteiger partial charge on any atom is -0.345 e. The van der Waals surface area contributed by atoms with Crippen LogP contribution in [0.4, 0.5) is 4.39 Å². The summed E-state index contributed by atoms with van der Waals surface area (Å²) < 4.78 is 15.4. The number of aromatic nitrogens is 1. The average Bonchev–Trinajstić information content (AvgIpc) is 3.15. The predicted molar refractivity (Wildman–Crippen MR) is 128 cm³/mol. The topological polar surface area (TPSA) is 25.2 Å². The molecule has 0 spiro atoms. The number of carbonyl (C=O) groups is 1. The van der Waals surface area contributed by atoms with Crippen LogP contribution in [0.2, 0.25) is 0 Å². The molecule has 3 rings (SSSR count). The Hall–Kier alpha value is -2.88. The van der Waals surface area contributed by atoms with Crippen LogP contribution in [-0.2, 0) is 24.4 Å². The first-order chi connectivity index (χ1) is 15.2. The van der Waals surface area contributed by atoms with Gasteiger partial charge in [0.25, 0.3) is 0 Å². The maximum atomic E-state index is 13.4. The van der Waals surface area contributed by atoms with E-state index in [0.717, 1.165) is 23.2 Å². The van der Waals surface area contributed by atoms with Gasteiger partial charge in [0.05, 0.1) is 6.54 Å². The smallest absolute Gasteiger partial charge is 0.223 e. The lowest BCUT2D eigenvalue weighted by atomic mass is 9.84. The fourth-order valence-electron chi connectivity index (χ4n) is 4.31. The fraction of sp³-hybridized carbons (Fsp3) is 0.393. The quantitative estimate of drug-likeness (QED) is 0.369. The summed E-state index contributed by atoms with van der Waals surface area (Å²) >= 11 is 0. The number of rotatable bonds is 9. The molecule has 0 aliphatic heterocycles. The highest BCUT2D eigenvalue weighted by molar-refractivity contribution is 5.76. The Morgan fingerprint density at radius 2 is 1.62 bits per heavy atom. The molecular formula is C28H35FN2O. The van der Waals surface area contributed by atoms with Gasteiger partial charge in [-0.1, -0.05) is 70.2 Å². The molecule has 3 aromatic rings. The first-order valence-electron chi connectivity index (χ1n) is 11.4. The van der Waals surface area contributed by atoms with Gasteiger partial charge in [-0.05, 0) is 53.1 Å². The van der Waals surface area contributed by atoms with Gasteiger partial charge in [-0.3, -0.25) is 4.79 Å². The van der Waals surface area contributed by atoms with Crippen LogP contribution < -0.4 is 0 Å². The van der Waals surface area contributed by atoms with E-state index in [2.05, 4.69) is 50.5 Å². The number of nitrogens with zero attached hydrogens (tertiary/aromatic N) is 2. The number of hydrogen-bond donors (Lipinski definition) is 0. The maximum absolute atomic E-state index is 13.4. The van der Waals surface area contributed by atoms with E-state index >= 15 is 0 Å². The van der Waals surface area contributed by atoms with Gasteiger partial charge in [-0.15, -0.1) is 0 Å². The van der Waals surface area contributed by atoms with E-state index in [0.29, 0.717) is 32.0 Å². The first-order valence-corrected chi connectivity index (χ1v) is 11.4. The summed E-state index contributed by atoms with van der Waals surface area (Å²) in [5.74, 6) is 0.275. The molecule has 0 N–H and O–H groups in total. The van der Waals surface area contributed by atoms with Crippen molar-refractivity contribution in [3.05, 3.63) is 95.6 Å². The summed E-state index contributed by atoms with van der Waals surface area (Å²) in [7, 11) is 0. The molecule has 1 atom stereocenters. The molecule has 1 aromatic heterocycles. The van der Waals surface area contributed by atoms with E-state index in [-0.39, 0.29) is 17.1 Å².